The number of oxazole rings is 1. The molecule has 1 fully saturated rings. The predicted octanol–water partition coefficient (Wildman–Crippen LogP) is 5.78. The Morgan fingerprint density at radius 1 is 1.11 bits per heavy atom. The van der Waals surface area contributed by atoms with Crippen LogP contribution in [-0.2, 0) is 0 Å². The minimum Gasteiger partial charge on any atom is -0.436 e. The summed E-state index contributed by atoms with van der Waals surface area (Å²) >= 11 is 11.7. The second kappa shape index (κ2) is 9.92. The van der Waals surface area contributed by atoms with Gasteiger partial charge in [-0.05, 0) is 67.5 Å². The van der Waals surface area contributed by atoms with E-state index in [1.165, 1.54) is 6.07 Å². The minimum atomic E-state index is -0.559. The van der Waals surface area contributed by atoms with Crippen LogP contribution in [0.15, 0.2) is 65.1 Å². The number of para-hydroxylation sites is 2. The van der Waals surface area contributed by atoms with Crippen molar-refractivity contribution in [1.29, 1.82) is 0 Å². The number of nitro benzene ring substituents is 1. The van der Waals surface area contributed by atoms with Crippen molar-refractivity contribution in [3.63, 3.8) is 0 Å². The third kappa shape index (κ3) is 4.86. The second-order valence-corrected chi connectivity index (χ2v) is 9.06. The van der Waals surface area contributed by atoms with Crippen molar-refractivity contribution in [2.75, 3.05) is 23.3 Å². The van der Waals surface area contributed by atoms with Crippen molar-refractivity contribution in [3.05, 3.63) is 81.4 Å². The zero-order valence-corrected chi connectivity index (χ0v) is 20.4. The fourth-order valence-electron chi connectivity index (χ4n) is 4.13. The van der Waals surface area contributed by atoms with Gasteiger partial charge in [0.25, 0.3) is 11.6 Å². The summed E-state index contributed by atoms with van der Waals surface area (Å²) in [6.45, 7) is 1.51. The Morgan fingerprint density at radius 3 is 2.64 bits per heavy atom. The van der Waals surface area contributed by atoms with E-state index in [1.54, 1.807) is 30.3 Å². The van der Waals surface area contributed by atoms with E-state index in [9.17, 15) is 14.9 Å². The van der Waals surface area contributed by atoms with Crippen LogP contribution in [0.1, 0.15) is 23.2 Å². The Bertz CT molecular complexity index is 1470. The number of halogens is 1. The van der Waals surface area contributed by atoms with Gasteiger partial charge in [-0.2, -0.15) is 0 Å². The molecule has 3 aromatic carbocycles. The van der Waals surface area contributed by atoms with Crippen molar-refractivity contribution in [2.24, 2.45) is 0 Å². The van der Waals surface area contributed by atoms with E-state index in [0.717, 1.165) is 25.9 Å². The lowest BCUT2D eigenvalue weighted by Gasteiger charge is -2.18. The molecular formula is C25H20ClN5O4S. The molecule has 2 heterocycles. The first-order valence-corrected chi connectivity index (χ1v) is 12.0. The Kier molecular flexibility index (Phi) is 6.53. The first kappa shape index (κ1) is 23.7. The minimum absolute atomic E-state index is 0.0251. The highest BCUT2D eigenvalue weighted by atomic mass is 35.5. The summed E-state index contributed by atoms with van der Waals surface area (Å²) in [5.41, 5.74) is 2.99. The van der Waals surface area contributed by atoms with Crippen molar-refractivity contribution in [3.8, 4) is 11.5 Å². The van der Waals surface area contributed by atoms with Crippen molar-refractivity contribution < 1.29 is 14.1 Å². The van der Waals surface area contributed by atoms with Crippen molar-refractivity contribution >= 4 is 63.0 Å². The zero-order chi connectivity index (χ0) is 25.2. The number of benzene rings is 3. The van der Waals surface area contributed by atoms with E-state index in [-0.39, 0.29) is 16.4 Å². The molecule has 0 bridgehead atoms. The van der Waals surface area contributed by atoms with E-state index < -0.39 is 10.8 Å². The smallest absolute Gasteiger partial charge is 0.293 e. The molecule has 5 rings (SSSR count). The summed E-state index contributed by atoms with van der Waals surface area (Å²) in [5.74, 6) is -0.207. The Morgan fingerprint density at radius 2 is 1.89 bits per heavy atom. The van der Waals surface area contributed by atoms with Gasteiger partial charge in [0, 0.05) is 30.4 Å². The third-order valence-electron chi connectivity index (χ3n) is 5.86. The van der Waals surface area contributed by atoms with Crippen LogP contribution >= 0.6 is 23.8 Å². The number of rotatable bonds is 5. The van der Waals surface area contributed by atoms with Crippen molar-refractivity contribution in [1.82, 2.24) is 10.3 Å². The molecule has 36 heavy (non-hydrogen) atoms. The maximum Gasteiger partial charge on any atom is 0.293 e. The number of aromatic nitrogens is 1. The molecule has 0 aliphatic carbocycles. The quantitative estimate of drug-likeness (QED) is 0.193. The van der Waals surface area contributed by atoms with Crippen LogP contribution in [0.2, 0.25) is 5.02 Å². The molecule has 11 heteroatoms. The summed E-state index contributed by atoms with van der Waals surface area (Å²) in [6, 6.07) is 16.9. The molecule has 4 aromatic rings. The van der Waals surface area contributed by atoms with Gasteiger partial charge in [-0.25, -0.2) is 4.98 Å². The lowest BCUT2D eigenvalue weighted by atomic mass is 10.1. The Hall–Kier alpha value is -4.02. The van der Waals surface area contributed by atoms with Crippen LogP contribution < -0.4 is 15.5 Å². The average Bonchev–Trinajstić information content (AvgIpc) is 3.55. The molecule has 182 valence electrons. The van der Waals surface area contributed by atoms with E-state index in [1.807, 2.05) is 29.2 Å². The SMILES string of the molecule is O=C(NC(=S)Nc1ccc(Cl)c(-c2nc3ccccc3o2)c1)c1ccc(N2CCCC2)c([N+](=O)[O-])c1. The van der Waals surface area contributed by atoms with Gasteiger partial charge in [-0.15, -0.1) is 0 Å². The summed E-state index contributed by atoms with van der Waals surface area (Å²) in [4.78, 5) is 30.4. The van der Waals surface area contributed by atoms with Crippen LogP contribution in [0.4, 0.5) is 17.1 Å². The second-order valence-electron chi connectivity index (χ2n) is 8.24. The number of nitro groups is 1. The van der Waals surface area contributed by atoms with Crippen LogP contribution in [0.25, 0.3) is 22.6 Å². The molecule has 0 atom stereocenters. The number of carbonyl (C=O) groups excluding carboxylic acids is 1. The molecule has 1 saturated heterocycles. The predicted molar refractivity (Wildman–Crippen MR) is 143 cm³/mol. The van der Waals surface area contributed by atoms with Crippen LogP contribution in [0.5, 0.6) is 0 Å². The lowest BCUT2D eigenvalue weighted by molar-refractivity contribution is -0.384. The maximum absolute atomic E-state index is 12.8. The third-order valence-corrected chi connectivity index (χ3v) is 6.39. The van der Waals surface area contributed by atoms with E-state index >= 15 is 0 Å². The monoisotopic (exact) mass is 521 g/mol. The highest BCUT2D eigenvalue weighted by molar-refractivity contribution is 7.80. The zero-order valence-electron chi connectivity index (χ0n) is 18.9. The number of hydrogen-bond donors (Lipinski definition) is 2. The summed E-state index contributed by atoms with van der Waals surface area (Å²) in [7, 11) is 0. The number of nitrogens with one attached hydrogen (secondary N) is 2. The van der Waals surface area contributed by atoms with Crippen LogP contribution in [-0.4, -0.2) is 34.0 Å². The molecule has 0 spiro atoms. The molecule has 1 aliphatic heterocycles. The maximum atomic E-state index is 12.8. The molecule has 0 radical (unpaired) electrons. The molecular weight excluding hydrogens is 502 g/mol. The van der Waals surface area contributed by atoms with Crippen LogP contribution in [0.3, 0.4) is 0 Å². The largest absolute Gasteiger partial charge is 0.436 e. The van der Waals surface area contributed by atoms with Gasteiger partial charge >= 0.3 is 0 Å². The number of hydrogen-bond acceptors (Lipinski definition) is 7. The highest BCUT2D eigenvalue weighted by Crippen LogP contribution is 2.33. The molecule has 0 unspecified atom stereocenters. The lowest BCUT2D eigenvalue weighted by Crippen LogP contribution is -2.34. The number of carbonyl (C=O) groups is 1. The fraction of sp³-hybridized carbons (Fsp3) is 0.160. The van der Waals surface area contributed by atoms with Gasteiger partial charge in [0.1, 0.15) is 11.2 Å². The van der Waals surface area contributed by atoms with Gasteiger partial charge in [-0.1, -0.05) is 23.7 Å². The Balaban J connectivity index is 1.31. The fourth-order valence-corrected chi connectivity index (χ4v) is 4.54. The van der Waals surface area contributed by atoms with Gasteiger partial charge in [0.2, 0.25) is 5.89 Å². The average molecular weight is 522 g/mol. The molecule has 1 amide bonds. The summed E-state index contributed by atoms with van der Waals surface area (Å²) < 4.78 is 5.81. The normalized spacial score (nSPS) is 13.1. The molecule has 9 nitrogen and oxygen atoms in total. The number of amides is 1. The Labute approximate surface area is 216 Å². The molecule has 1 aliphatic rings. The van der Waals surface area contributed by atoms with Gasteiger partial charge in [-0.3, -0.25) is 20.2 Å². The number of fused-ring (bicyclic) bond motifs is 1. The van der Waals surface area contributed by atoms with Gasteiger partial charge in [0.15, 0.2) is 10.7 Å². The number of thiocarbonyl (C=S) groups is 1. The van der Waals surface area contributed by atoms with Crippen LogP contribution in [0, 0.1) is 10.1 Å². The molecule has 0 saturated carbocycles. The topological polar surface area (TPSA) is 114 Å². The van der Waals surface area contributed by atoms with E-state index in [2.05, 4.69) is 15.6 Å². The first-order valence-electron chi connectivity index (χ1n) is 11.2. The van der Waals surface area contributed by atoms with Gasteiger partial charge < -0.3 is 14.6 Å². The summed E-state index contributed by atoms with van der Waals surface area (Å²) in [5, 5.41) is 17.6. The van der Waals surface area contributed by atoms with E-state index in [0.29, 0.717) is 39.0 Å². The van der Waals surface area contributed by atoms with E-state index in [4.69, 9.17) is 28.2 Å². The first-order chi connectivity index (χ1) is 17.4. The molecule has 2 N–H and O–H groups in total. The highest BCUT2D eigenvalue weighted by Gasteiger charge is 2.24. The summed E-state index contributed by atoms with van der Waals surface area (Å²) in [6.07, 6.45) is 1.97. The standard InChI is InChI=1S/C25H20ClN5O4S/c26-18-9-8-16(14-17(18)24-28-19-5-1-2-6-22(19)35-24)27-25(36)29-23(32)15-7-10-20(21(13-15)31(33)34)30-11-3-4-12-30/h1-2,5-10,13-14H,3-4,11-12H2,(H2,27,29,32,36). The number of anilines is 2. The van der Waals surface area contributed by atoms with Gasteiger partial charge in [0.05, 0.1) is 15.5 Å². The van der Waals surface area contributed by atoms with Crippen molar-refractivity contribution in [2.45, 2.75) is 12.8 Å². The number of nitrogens with zero attached hydrogens (tertiary/aromatic N) is 3. The molecule has 1 aromatic heterocycles.